The molecule has 3 heterocycles. The molecule has 0 radical (unpaired) electrons. The summed E-state index contributed by atoms with van der Waals surface area (Å²) in [5.41, 5.74) is 0.407. The molecule has 2 aliphatic rings. The maximum absolute atomic E-state index is 12.3. The molecule has 7 nitrogen and oxygen atoms in total. The van der Waals surface area contributed by atoms with Gasteiger partial charge in [0.1, 0.15) is 6.61 Å². The Hall–Kier alpha value is -1.70. The summed E-state index contributed by atoms with van der Waals surface area (Å²) in [6.45, 7) is 5.95. The number of amides is 2. The van der Waals surface area contributed by atoms with Crippen LogP contribution < -0.4 is 0 Å². The van der Waals surface area contributed by atoms with Crippen molar-refractivity contribution in [2.75, 3.05) is 19.7 Å². The number of nitrogens with zero attached hydrogens (tertiary/aromatic N) is 4. The molecule has 8 heteroatoms. The largest absolute Gasteiger partial charge is 0.447 e. The Morgan fingerprint density at radius 3 is 2.73 bits per heavy atom. The first kappa shape index (κ1) is 15.2. The monoisotopic (exact) mass is 324 g/mol. The van der Waals surface area contributed by atoms with E-state index >= 15 is 0 Å². The molecule has 1 aromatic rings. The first-order valence-electron chi connectivity index (χ1n) is 7.59. The van der Waals surface area contributed by atoms with E-state index in [1.54, 1.807) is 10.3 Å². The zero-order valence-corrected chi connectivity index (χ0v) is 13.6. The molecule has 2 fully saturated rings. The third kappa shape index (κ3) is 2.79. The van der Waals surface area contributed by atoms with E-state index in [4.69, 9.17) is 4.74 Å². The molecule has 1 aromatic heterocycles. The Morgan fingerprint density at radius 2 is 2.14 bits per heavy atom. The molecule has 1 atom stereocenters. The molecule has 1 unspecified atom stereocenters. The highest BCUT2D eigenvalue weighted by Crippen LogP contribution is 2.27. The molecular weight excluding hydrogens is 304 g/mol. The number of ether oxygens (including phenoxy) is 1. The molecule has 0 bridgehead atoms. The number of carbonyl (C=O) groups excluding carboxylic acids is 2. The van der Waals surface area contributed by atoms with Crippen LogP contribution in [0.2, 0.25) is 0 Å². The van der Waals surface area contributed by atoms with Gasteiger partial charge in [0, 0.05) is 24.5 Å². The van der Waals surface area contributed by atoms with Crippen molar-refractivity contribution in [3.63, 3.8) is 0 Å². The van der Waals surface area contributed by atoms with Crippen molar-refractivity contribution in [1.29, 1.82) is 0 Å². The zero-order chi connectivity index (χ0) is 15.7. The Labute approximate surface area is 133 Å². The Kier molecular flexibility index (Phi) is 4.28. The van der Waals surface area contributed by atoms with E-state index in [1.165, 1.54) is 11.5 Å². The lowest BCUT2D eigenvalue weighted by molar-refractivity contribution is 0.0614. The molecule has 0 aromatic carbocycles. The van der Waals surface area contributed by atoms with Crippen LogP contribution >= 0.6 is 11.5 Å². The zero-order valence-electron chi connectivity index (χ0n) is 12.8. The minimum absolute atomic E-state index is 0.0726. The average Bonchev–Trinajstić information content (AvgIpc) is 3.16. The van der Waals surface area contributed by atoms with Gasteiger partial charge in [-0.2, -0.15) is 0 Å². The van der Waals surface area contributed by atoms with Crippen LogP contribution in [0.4, 0.5) is 4.79 Å². The van der Waals surface area contributed by atoms with E-state index in [0.717, 1.165) is 12.8 Å². The summed E-state index contributed by atoms with van der Waals surface area (Å²) in [4.78, 5) is 27.9. The van der Waals surface area contributed by atoms with Gasteiger partial charge >= 0.3 is 6.09 Å². The number of hydrogen-bond donors (Lipinski definition) is 0. The number of aromatic nitrogens is 2. The van der Waals surface area contributed by atoms with Gasteiger partial charge in [-0.3, -0.25) is 9.69 Å². The summed E-state index contributed by atoms with van der Waals surface area (Å²) in [5, 5.41) is 5.50. The first-order chi connectivity index (χ1) is 10.6. The molecule has 22 heavy (non-hydrogen) atoms. The van der Waals surface area contributed by atoms with Gasteiger partial charge in [-0.1, -0.05) is 18.3 Å². The molecule has 2 aliphatic heterocycles. The maximum atomic E-state index is 12.3. The lowest BCUT2D eigenvalue weighted by atomic mass is 9.97. The second-order valence-electron chi connectivity index (χ2n) is 6.11. The lowest BCUT2D eigenvalue weighted by Gasteiger charge is -2.38. The Bertz CT molecular complexity index is 540. The van der Waals surface area contributed by atoms with Gasteiger partial charge in [-0.25, -0.2) is 4.79 Å². The predicted molar refractivity (Wildman–Crippen MR) is 80.6 cm³/mol. The summed E-state index contributed by atoms with van der Waals surface area (Å²) in [5.74, 6) is 0.295. The van der Waals surface area contributed by atoms with Crippen LogP contribution in [0.25, 0.3) is 0 Å². The van der Waals surface area contributed by atoms with Crippen LogP contribution in [0, 0.1) is 5.92 Å². The minimum atomic E-state index is -0.216. The number of cyclic esters (lactones) is 1. The summed E-state index contributed by atoms with van der Waals surface area (Å²) in [7, 11) is 0. The standard InChI is InChI=1S/C14H20N4O3S/c1-9(2)12-7-21-14(20)18(12)10-3-5-17(6-4-10)13(19)11-8-22-16-15-11/h8-10,12H,3-7H2,1-2H3. The topological polar surface area (TPSA) is 75.6 Å². The molecule has 0 N–H and O–H groups in total. The molecule has 0 aliphatic carbocycles. The molecule has 2 saturated heterocycles. The van der Waals surface area contributed by atoms with Crippen molar-refractivity contribution in [2.24, 2.45) is 5.92 Å². The van der Waals surface area contributed by atoms with Crippen LogP contribution in [0.5, 0.6) is 0 Å². The van der Waals surface area contributed by atoms with E-state index < -0.39 is 0 Å². The third-order valence-corrected chi connectivity index (χ3v) is 4.94. The SMILES string of the molecule is CC(C)C1COC(=O)N1C1CCN(C(=O)c2csnn2)CC1. The Morgan fingerprint density at radius 1 is 1.41 bits per heavy atom. The lowest BCUT2D eigenvalue weighted by Crippen LogP contribution is -2.51. The van der Waals surface area contributed by atoms with E-state index in [0.29, 0.717) is 31.3 Å². The van der Waals surface area contributed by atoms with Crippen LogP contribution in [0.1, 0.15) is 37.2 Å². The average molecular weight is 324 g/mol. The maximum Gasteiger partial charge on any atom is 0.410 e. The van der Waals surface area contributed by atoms with E-state index in [2.05, 4.69) is 23.4 Å². The highest BCUT2D eigenvalue weighted by atomic mass is 32.1. The predicted octanol–water partition coefficient (Wildman–Crippen LogP) is 1.62. The van der Waals surface area contributed by atoms with Crippen molar-refractivity contribution < 1.29 is 14.3 Å². The van der Waals surface area contributed by atoms with Crippen molar-refractivity contribution in [3.8, 4) is 0 Å². The fourth-order valence-electron chi connectivity index (χ4n) is 3.15. The molecule has 3 rings (SSSR count). The van der Waals surface area contributed by atoms with Gasteiger partial charge in [0.25, 0.3) is 5.91 Å². The van der Waals surface area contributed by atoms with Crippen LogP contribution in [-0.2, 0) is 4.74 Å². The van der Waals surface area contributed by atoms with Crippen molar-refractivity contribution in [3.05, 3.63) is 11.1 Å². The van der Waals surface area contributed by atoms with Gasteiger partial charge in [-0.15, -0.1) is 5.10 Å². The first-order valence-corrected chi connectivity index (χ1v) is 8.43. The summed E-state index contributed by atoms with van der Waals surface area (Å²) < 4.78 is 8.95. The van der Waals surface area contributed by atoms with Crippen molar-refractivity contribution in [2.45, 2.75) is 38.8 Å². The molecule has 120 valence electrons. The number of carbonyl (C=O) groups is 2. The van der Waals surface area contributed by atoms with Crippen LogP contribution in [0.3, 0.4) is 0 Å². The summed E-state index contributed by atoms with van der Waals surface area (Å²) in [6.07, 6.45) is 1.34. The molecule has 0 saturated carbocycles. The fraction of sp³-hybridized carbons (Fsp3) is 0.714. The van der Waals surface area contributed by atoms with E-state index in [9.17, 15) is 9.59 Å². The van der Waals surface area contributed by atoms with Crippen LogP contribution in [-0.4, -0.2) is 63.2 Å². The van der Waals surface area contributed by atoms with Gasteiger partial charge in [0.05, 0.1) is 6.04 Å². The van der Waals surface area contributed by atoms with Crippen molar-refractivity contribution >= 4 is 23.5 Å². The summed E-state index contributed by atoms with van der Waals surface area (Å²) in [6, 6.07) is 0.294. The van der Waals surface area contributed by atoms with Gasteiger partial charge in [-0.05, 0) is 30.3 Å². The summed E-state index contributed by atoms with van der Waals surface area (Å²) >= 11 is 1.18. The second-order valence-corrected chi connectivity index (χ2v) is 6.72. The van der Waals surface area contributed by atoms with Gasteiger partial charge < -0.3 is 9.64 Å². The van der Waals surface area contributed by atoms with Gasteiger partial charge in [0.2, 0.25) is 0 Å². The Balaban J connectivity index is 1.62. The number of likely N-dealkylation sites (tertiary alicyclic amines) is 1. The normalized spacial score (nSPS) is 23.2. The number of rotatable bonds is 3. The molecule has 0 spiro atoms. The highest BCUT2D eigenvalue weighted by Gasteiger charge is 2.41. The minimum Gasteiger partial charge on any atom is -0.447 e. The van der Waals surface area contributed by atoms with Crippen LogP contribution in [0.15, 0.2) is 5.38 Å². The second kappa shape index (κ2) is 6.20. The number of piperidine rings is 1. The molecule has 2 amide bonds. The van der Waals surface area contributed by atoms with E-state index in [-0.39, 0.29) is 24.1 Å². The van der Waals surface area contributed by atoms with Crippen molar-refractivity contribution in [1.82, 2.24) is 19.4 Å². The quantitative estimate of drug-likeness (QED) is 0.844. The smallest absolute Gasteiger partial charge is 0.410 e. The van der Waals surface area contributed by atoms with E-state index in [1.807, 2.05) is 4.90 Å². The fourth-order valence-corrected chi connectivity index (χ4v) is 3.58. The third-order valence-electron chi connectivity index (χ3n) is 4.44. The highest BCUT2D eigenvalue weighted by molar-refractivity contribution is 7.03. The molecular formula is C14H20N4O3S. The number of hydrogen-bond acceptors (Lipinski definition) is 6. The van der Waals surface area contributed by atoms with Gasteiger partial charge in [0.15, 0.2) is 5.69 Å².